The SMILES string of the molecule is Cc1ccc(C(C/C(=N/O)c2ccc(=O)n(C)c2)c2ccc(Br)cc2)c(F)c1. The fourth-order valence-corrected chi connectivity index (χ4v) is 3.46. The number of aromatic nitrogens is 1. The molecule has 1 atom stereocenters. The molecule has 0 aliphatic heterocycles. The van der Waals surface area contributed by atoms with Crippen LogP contribution in [-0.4, -0.2) is 15.5 Å². The summed E-state index contributed by atoms with van der Waals surface area (Å²) in [5.41, 5.74) is 3.10. The molecule has 0 amide bonds. The van der Waals surface area contributed by atoms with Gasteiger partial charge in [0, 0.05) is 41.7 Å². The zero-order valence-corrected chi connectivity index (χ0v) is 17.1. The zero-order chi connectivity index (χ0) is 20.3. The van der Waals surface area contributed by atoms with Crippen LogP contribution in [0.3, 0.4) is 0 Å². The molecule has 4 nitrogen and oxygen atoms in total. The van der Waals surface area contributed by atoms with E-state index in [2.05, 4.69) is 21.1 Å². The lowest BCUT2D eigenvalue weighted by atomic mass is 9.85. The highest BCUT2D eigenvalue weighted by molar-refractivity contribution is 9.10. The molecule has 1 heterocycles. The van der Waals surface area contributed by atoms with E-state index in [9.17, 15) is 14.4 Å². The summed E-state index contributed by atoms with van der Waals surface area (Å²) in [7, 11) is 1.63. The lowest BCUT2D eigenvalue weighted by Gasteiger charge is -2.20. The van der Waals surface area contributed by atoms with Crippen LogP contribution in [-0.2, 0) is 7.05 Å². The molecule has 28 heavy (non-hydrogen) atoms. The number of nitrogens with zero attached hydrogens (tertiary/aromatic N) is 2. The smallest absolute Gasteiger partial charge is 0.250 e. The lowest BCUT2D eigenvalue weighted by Crippen LogP contribution is -2.18. The summed E-state index contributed by atoms with van der Waals surface area (Å²) in [6, 6.07) is 15.8. The average Bonchev–Trinajstić information content (AvgIpc) is 2.67. The number of benzene rings is 2. The van der Waals surface area contributed by atoms with Gasteiger partial charge in [-0.3, -0.25) is 4.79 Å². The molecule has 144 valence electrons. The molecule has 0 saturated carbocycles. The van der Waals surface area contributed by atoms with Crippen molar-refractivity contribution in [3.05, 3.63) is 104 Å². The van der Waals surface area contributed by atoms with Crippen LogP contribution in [0.25, 0.3) is 0 Å². The van der Waals surface area contributed by atoms with Crippen molar-refractivity contribution < 1.29 is 9.60 Å². The van der Waals surface area contributed by atoms with Crippen LogP contribution in [0.5, 0.6) is 0 Å². The Bertz CT molecular complexity index is 1070. The van der Waals surface area contributed by atoms with Gasteiger partial charge in [0.15, 0.2) is 0 Å². The Morgan fingerprint density at radius 1 is 1.18 bits per heavy atom. The van der Waals surface area contributed by atoms with E-state index in [0.717, 1.165) is 15.6 Å². The summed E-state index contributed by atoms with van der Waals surface area (Å²) >= 11 is 3.42. The monoisotopic (exact) mass is 442 g/mol. The van der Waals surface area contributed by atoms with Crippen molar-refractivity contribution in [2.75, 3.05) is 0 Å². The van der Waals surface area contributed by atoms with Crippen LogP contribution >= 0.6 is 15.9 Å². The summed E-state index contributed by atoms with van der Waals surface area (Å²) in [6.45, 7) is 1.84. The third-order valence-electron chi connectivity index (χ3n) is 4.74. The third kappa shape index (κ3) is 4.39. The predicted octanol–water partition coefficient (Wildman–Crippen LogP) is 5.00. The van der Waals surface area contributed by atoms with E-state index in [1.807, 2.05) is 37.3 Å². The summed E-state index contributed by atoms with van der Waals surface area (Å²) < 4.78 is 17.1. The summed E-state index contributed by atoms with van der Waals surface area (Å²) in [5.74, 6) is -0.650. The number of oxime groups is 1. The molecule has 0 radical (unpaired) electrons. The number of halogens is 2. The first kappa shape index (κ1) is 20.0. The Labute approximate surface area is 171 Å². The highest BCUT2D eigenvalue weighted by Gasteiger charge is 2.22. The molecule has 3 aromatic rings. The van der Waals surface area contributed by atoms with Gasteiger partial charge in [0.2, 0.25) is 5.56 Å². The predicted molar refractivity (Wildman–Crippen MR) is 112 cm³/mol. The average molecular weight is 443 g/mol. The Kier molecular flexibility index (Phi) is 6.09. The van der Waals surface area contributed by atoms with Crippen LogP contribution in [0, 0.1) is 12.7 Å². The van der Waals surface area contributed by atoms with E-state index in [4.69, 9.17) is 0 Å². The van der Waals surface area contributed by atoms with Crippen molar-refractivity contribution >= 4 is 21.6 Å². The summed E-state index contributed by atoms with van der Waals surface area (Å²) in [5, 5.41) is 13.1. The second kappa shape index (κ2) is 8.52. The van der Waals surface area contributed by atoms with Gasteiger partial charge in [-0.1, -0.05) is 45.4 Å². The number of aryl methyl sites for hydroxylation is 2. The van der Waals surface area contributed by atoms with Crippen molar-refractivity contribution in [2.24, 2.45) is 12.2 Å². The maximum atomic E-state index is 14.8. The van der Waals surface area contributed by atoms with Crippen molar-refractivity contribution in [2.45, 2.75) is 19.3 Å². The Hall–Kier alpha value is -2.73. The largest absolute Gasteiger partial charge is 0.411 e. The summed E-state index contributed by atoms with van der Waals surface area (Å²) in [6.07, 6.45) is 1.89. The van der Waals surface area contributed by atoms with E-state index in [0.29, 0.717) is 16.8 Å². The van der Waals surface area contributed by atoms with Gasteiger partial charge in [0.05, 0.1) is 5.71 Å². The third-order valence-corrected chi connectivity index (χ3v) is 5.27. The number of hydrogen-bond acceptors (Lipinski definition) is 3. The summed E-state index contributed by atoms with van der Waals surface area (Å²) in [4.78, 5) is 11.7. The van der Waals surface area contributed by atoms with Crippen LogP contribution in [0.4, 0.5) is 4.39 Å². The van der Waals surface area contributed by atoms with E-state index in [1.54, 1.807) is 25.4 Å². The fourth-order valence-electron chi connectivity index (χ4n) is 3.19. The molecule has 0 fully saturated rings. The number of pyridine rings is 1. The van der Waals surface area contributed by atoms with Crippen LogP contribution < -0.4 is 5.56 Å². The Morgan fingerprint density at radius 2 is 1.89 bits per heavy atom. The molecule has 0 saturated heterocycles. The number of rotatable bonds is 5. The normalized spacial score (nSPS) is 12.8. The second-order valence-corrected chi connectivity index (χ2v) is 7.66. The topological polar surface area (TPSA) is 54.6 Å². The molecule has 6 heteroatoms. The van der Waals surface area contributed by atoms with Gasteiger partial charge in [-0.25, -0.2) is 4.39 Å². The molecule has 3 rings (SSSR count). The number of hydrogen-bond donors (Lipinski definition) is 1. The molecule has 1 unspecified atom stereocenters. The van der Waals surface area contributed by atoms with Crippen molar-refractivity contribution in [1.82, 2.24) is 4.57 Å². The fraction of sp³-hybridized carbons (Fsp3) is 0.182. The van der Waals surface area contributed by atoms with Crippen molar-refractivity contribution in [3.63, 3.8) is 0 Å². The van der Waals surface area contributed by atoms with Crippen LogP contribution in [0.1, 0.15) is 34.6 Å². The highest BCUT2D eigenvalue weighted by Crippen LogP contribution is 2.32. The van der Waals surface area contributed by atoms with Crippen LogP contribution in [0.15, 0.2) is 75.2 Å². The van der Waals surface area contributed by atoms with Crippen LogP contribution in [0.2, 0.25) is 0 Å². The molecule has 0 aliphatic carbocycles. The molecular formula is C22H20BrFN2O2. The minimum absolute atomic E-state index is 0.157. The quantitative estimate of drug-likeness (QED) is 0.343. The van der Waals surface area contributed by atoms with Gasteiger partial charge in [0.25, 0.3) is 0 Å². The molecule has 1 aromatic heterocycles. The Morgan fingerprint density at radius 3 is 2.50 bits per heavy atom. The maximum absolute atomic E-state index is 14.8. The van der Waals surface area contributed by atoms with Gasteiger partial charge in [0.1, 0.15) is 5.82 Å². The van der Waals surface area contributed by atoms with Gasteiger partial charge in [-0.15, -0.1) is 0 Å². The van der Waals surface area contributed by atoms with Gasteiger partial charge in [-0.2, -0.15) is 0 Å². The highest BCUT2D eigenvalue weighted by atomic mass is 79.9. The second-order valence-electron chi connectivity index (χ2n) is 6.75. The lowest BCUT2D eigenvalue weighted by molar-refractivity contribution is 0.317. The molecule has 0 spiro atoms. The molecule has 0 aliphatic rings. The van der Waals surface area contributed by atoms with E-state index in [-0.39, 0.29) is 23.7 Å². The van der Waals surface area contributed by atoms with Gasteiger partial charge >= 0.3 is 0 Å². The van der Waals surface area contributed by atoms with Gasteiger partial charge in [-0.05, 0) is 47.9 Å². The minimum Gasteiger partial charge on any atom is -0.411 e. The van der Waals surface area contributed by atoms with Crippen molar-refractivity contribution in [3.8, 4) is 0 Å². The van der Waals surface area contributed by atoms with E-state index in [1.165, 1.54) is 16.7 Å². The first-order chi connectivity index (χ1) is 13.4. The molecule has 1 N–H and O–H groups in total. The molecule has 2 aromatic carbocycles. The first-order valence-corrected chi connectivity index (χ1v) is 9.58. The van der Waals surface area contributed by atoms with E-state index >= 15 is 0 Å². The molecule has 0 bridgehead atoms. The Balaban J connectivity index is 2.06. The first-order valence-electron chi connectivity index (χ1n) is 8.78. The zero-order valence-electron chi connectivity index (χ0n) is 15.6. The van der Waals surface area contributed by atoms with E-state index < -0.39 is 0 Å². The van der Waals surface area contributed by atoms with Crippen molar-refractivity contribution in [1.29, 1.82) is 0 Å². The standard InChI is InChI=1S/C22H20BrFN2O2/c1-14-3-9-18(20(24)11-14)19(15-4-7-17(23)8-5-15)12-21(25-28)16-6-10-22(27)26(2)13-16/h3-11,13,19,28H,12H2,1-2H3/b25-21-. The van der Waals surface area contributed by atoms with Gasteiger partial charge < -0.3 is 9.77 Å². The minimum atomic E-state index is -0.350. The molecular weight excluding hydrogens is 423 g/mol. The maximum Gasteiger partial charge on any atom is 0.250 e.